The Bertz CT molecular complexity index is 1060. The lowest BCUT2D eigenvalue weighted by Crippen LogP contribution is -2.37. The highest BCUT2D eigenvalue weighted by atomic mass is 35.5. The first kappa shape index (κ1) is 22.4. The van der Waals surface area contributed by atoms with Gasteiger partial charge in [-0.15, -0.1) is 0 Å². The van der Waals surface area contributed by atoms with Crippen LogP contribution >= 0.6 is 11.6 Å². The van der Waals surface area contributed by atoms with Crippen LogP contribution in [0, 0.1) is 10.1 Å². The Balaban J connectivity index is 2.31. The third-order valence-electron chi connectivity index (χ3n) is 3.58. The Morgan fingerprint density at radius 1 is 1.24 bits per heavy atom. The van der Waals surface area contributed by atoms with Crippen LogP contribution in [0.3, 0.4) is 0 Å². The molecule has 0 unspecified atom stereocenters. The fourth-order valence-corrected chi connectivity index (χ4v) is 3.29. The molecule has 13 heteroatoms. The molecule has 0 saturated carbocycles. The van der Waals surface area contributed by atoms with Crippen LogP contribution in [0.5, 0.6) is 0 Å². The largest absolute Gasteiger partial charge is 0.416 e. The van der Waals surface area contributed by atoms with E-state index in [0.717, 1.165) is 30.5 Å². The van der Waals surface area contributed by atoms with Crippen LogP contribution < -0.4 is 9.62 Å². The van der Waals surface area contributed by atoms with E-state index in [4.69, 9.17) is 11.6 Å². The molecular formula is C16H13ClF3N3O5S. The first-order valence-electron chi connectivity index (χ1n) is 7.68. The van der Waals surface area contributed by atoms with Crippen molar-refractivity contribution in [3.05, 3.63) is 63.2 Å². The molecule has 0 aliphatic rings. The second-order valence-corrected chi connectivity index (χ2v) is 8.10. The smallest absolute Gasteiger partial charge is 0.323 e. The molecule has 0 aliphatic carbocycles. The molecule has 2 rings (SSSR count). The number of anilines is 2. The minimum atomic E-state index is -4.67. The van der Waals surface area contributed by atoms with Crippen molar-refractivity contribution in [3.63, 3.8) is 0 Å². The molecule has 8 nitrogen and oxygen atoms in total. The molecule has 2 aromatic rings. The lowest BCUT2D eigenvalue weighted by Gasteiger charge is -2.22. The number of amides is 1. The number of nitrogens with zero attached hydrogens (tertiary/aromatic N) is 2. The van der Waals surface area contributed by atoms with Crippen molar-refractivity contribution in [2.45, 2.75) is 6.18 Å². The summed E-state index contributed by atoms with van der Waals surface area (Å²) in [6.07, 6.45) is -3.90. The summed E-state index contributed by atoms with van der Waals surface area (Å²) in [5.41, 5.74) is -1.99. The minimum absolute atomic E-state index is 0.160. The number of hydrogen-bond donors (Lipinski definition) is 1. The van der Waals surface area contributed by atoms with E-state index in [1.807, 2.05) is 0 Å². The highest BCUT2D eigenvalue weighted by molar-refractivity contribution is 7.92. The normalized spacial score (nSPS) is 11.8. The molecule has 0 fully saturated rings. The number of nitro groups is 1. The summed E-state index contributed by atoms with van der Waals surface area (Å²) in [4.78, 5) is 22.4. The lowest BCUT2D eigenvalue weighted by molar-refractivity contribution is -0.384. The van der Waals surface area contributed by atoms with Crippen LogP contribution in [0.25, 0.3) is 0 Å². The maximum absolute atomic E-state index is 12.8. The predicted molar refractivity (Wildman–Crippen MR) is 100 cm³/mol. The predicted octanol–water partition coefficient (Wildman–Crippen LogP) is 3.67. The molecule has 1 N–H and O–H groups in total. The molecular weight excluding hydrogens is 439 g/mol. The summed E-state index contributed by atoms with van der Waals surface area (Å²) in [5.74, 6) is -0.997. The number of halogens is 4. The number of benzene rings is 2. The van der Waals surface area contributed by atoms with E-state index >= 15 is 0 Å². The number of carbonyl (C=O) groups is 1. The Morgan fingerprint density at radius 2 is 1.90 bits per heavy atom. The molecule has 0 spiro atoms. The minimum Gasteiger partial charge on any atom is -0.323 e. The number of hydrogen-bond acceptors (Lipinski definition) is 5. The maximum atomic E-state index is 12.8. The zero-order chi connectivity index (χ0) is 22.0. The van der Waals surface area contributed by atoms with Crippen molar-refractivity contribution >= 4 is 44.6 Å². The molecule has 0 radical (unpaired) electrons. The van der Waals surface area contributed by atoms with Crippen LogP contribution in [0.15, 0.2) is 42.5 Å². The summed E-state index contributed by atoms with van der Waals surface area (Å²) in [7, 11) is -4.05. The molecule has 0 aliphatic heterocycles. The Morgan fingerprint density at radius 3 is 2.45 bits per heavy atom. The van der Waals surface area contributed by atoms with E-state index in [1.165, 1.54) is 12.1 Å². The zero-order valence-corrected chi connectivity index (χ0v) is 16.2. The van der Waals surface area contributed by atoms with Gasteiger partial charge in [0, 0.05) is 12.1 Å². The first-order valence-corrected chi connectivity index (χ1v) is 9.90. The van der Waals surface area contributed by atoms with Gasteiger partial charge in [-0.3, -0.25) is 19.2 Å². The van der Waals surface area contributed by atoms with Crippen molar-refractivity contribution < 1.29 is 31.3 Å². The maximum Gasteiger partial charge on any atom is 0.416 e. The van der Waals surface area contributed by atoms with Crippen LogP contribution in [0.1, 0.15) is 5.56 Å². The van der Waals surface area contributed by atoms with E-state index in [0.29, 0.717) is 10.4 Å². The van der Waals surface area contributed by atoms with Crippen LogP contribution in [-0.2, 0) is 21.0 Å². The van der Waals surface area contributed by atoms with Gasteiger partial charge in [0.25, 0.3) is 5.69 Å². The third-order valence-corrected chi connectivity index (χ3v) is 5.05. The van der Waals surface area contributed by atoms with Crippen molar-refractivity contribution in [2.24, 2.45) is 0 Å². The van der Waals surface area contributed by atoms with Crippen molar-refractivity contribution in [1.29, 1.82) is 0 Å². The molecule has 0 bridgehead atoms. The fraction of sp³-hybridized carbons (Fsp3) is 0.188. The Hall–Kier alpha value is -2.86. The number of nitro benzene ring substituents is 1. The van der Waals surface area contributed by atoms with E-state index in [2.05, 4.69) is 5.32 Å². The lowest BCUT2D eigenvalue weighted by atomic mass is 10.2. The van der Waals surface area contributed by atoms with Gasteiger partial charge in [-0.2, -0.15) is 13.2 Å². The Kier molecular flexibility index (Phi) is 6.38. The van der Waals surface area contributed by atoms with E-state index < -0.39 is 44.8 Å². The van der Waals surface area contributed by atoms with Crippen LogP contribution in [0.2, 0.25) is 5.02 Å². The van der Waals surface area contributed by atoms with Gasteiger partial charge < -0.3 is 5.32 Å². The average Bonchev–Trinajstić information content (AvgIpc) is 2.59. The Labute approximate surface area is 168 Å². The molecule has 0 aromatic heterocycles. The van der Waals surface area contributed by atoms with Crippen molar-refractivity contribution in [1.82, 2.24) is 0 Å². The zero-order valence-electron chi connectivity index (χ0n) is 14.6. The first-order chi connectivity index (χ1) is 13.3. The fourth-order valence-electron chi connectivity index (χ4n) is 2.28. The summed E-state index contributed by atoms with van der Waals surface area (Å²) < 4.78 is 63.2. The van der Waals surface area contributed by atoms with Gasteiger partial charge >= 0.3 is 6.18 Å². The molecule has 156 valence electrons. The van der Waals surface area contributed by atoms with Crippen LogP contribution in [0.4, 0.5) is 30.2 Å². The molecule has 0 heterocycles. The van der Waals surface area contributed by atoms with Crippen LogP contribution in [-0.4, -0.2) is 32.0 Å². The molecule has 1 amide bonds. The average molecular weight is 452 g/mol. The molecule has 2 aromatic carbocycles. The molecule has 29 heavy (non-hydrogen) atoms. The number of carbonyl (C=O) groups excluding carboxylic acids is 1. The van der Waals surface area contributed by atoms with Gasteiger partial charge in [-0.1, -0.05) is 17.7 Å². The highest BCUT2D eigenvalue weighted by Gasteiger charge is 2.31. The third kappa shape index (κ3) is 5.81. The topological polar surface area (TPSA) is 110 Å². The van der Waals surface area contributed by atoms with Gasteiger partial charge in [-0.05, 0) is 24.3 Å². The number of alkyl halides is 3. The van der Waals surface area contributed by atoms with Crippen molar-refractivity contribution in [2.75, 3.05) is 22.4 Å². The number of nitrogens with one attached hydrogen (secondary N) is 1. The van der Waals surface area contributed by atoms with Gasteiger partial charge in [-0.25, -0.2) is 8.42 Å². The highest BCUT2D eigenvalue weighted by Crippen LogP contribution is 2.34. The number of sulfonamides is 1. The quantitative estimate of drug-likeness (QED) is 0.532. The standard InChI is InChI=1S/C16H13ClF3N3O5S/c1-29(27,28)22(11-3-2-4-12(8-11)23(25)26)9-15(24)21-14-7-10(16(18,19)20)5-6-13(14)17/h2-8H,9H2,1H3,(H,21,24). The monoisotopic (exact) mass is 451 g/mol. The van der Waals surface area contributed by atoms with E-state index in [-0.39, 0.29) is 16.4 Å². The van der Waals surface area contributed by atoms with Crippen molar-refractivity contribution in [3.8, 4) is 0 Å². The number of rotatable bonds is 6. The van der Waals surface area contributed by atoms with E-state index in [9.17, 15) is 36.5 Å². The number of non-ortho nitro benzene ring substituents is 1. The molecule has 0 atom stereocenters. The van der Waals surface area contributed by atoms with Gasteiger partial charge in [0.2, 0.25) is 15.9 Å². The summed E-state index contributed by atoms with van der Waals surface area (Å²) in [5, 5.41) is 12.8. The summed E-state index contributed by atoms with van der Waals surface area (Å²) in [6, 6.07) is 6.82. The summed E-state index contributed by atoms with van der Waals surface area (Å²) >= 11 is 5.80. The molecule has 0 saturated heterocycles. The van der Waals surface area contributed by atoms with E-state index in [1.54, 1.807) is 0 Å². The van der Waals surface area contributed by atoms with Gasteiger partial charge in [0.1, 0.15) is 6.54 Å². The summed E-state index contributed by atoms with van der Waals surface area (Å²) in [6.45, 7) is -0.841. The second kappa shape index (κ2) is 8.25. The van der Waals surface area contributed by atoms with Gasteiger partial charge in [0.05, 0.1) is 33.1 Å². The second-order valence-electron chi connectivity index (χ2n) is 5.79. The SMILES string of the molecule is CS(=O)(=O)N(CC(=O)Nc1cc(C(F)(F)F)ccc1Cl)c1cccc([N+](=O)[O-])c1. The van der Waals surface area contributed by atoms with Gasteiger partial charge in [0.15, 0.2) is 0 Å².